The second kappa shape index (κ2) is 9.49. The van der Waals surface area contributed by atoms with E-state index in [1.54, 1.807) is 5.54 Å². The normalized spacial score (nSPS) is 7.71. The van der Waals surface area contributed by atoms with Gasteiger partial charge in [-0.25, -0.2) is 0 Å². The molecule has 46 valence electrons. The van der Waals surface area contributed by atoms with Gasteiger partial charge in [0.05, 0.1) is 0 Å². The number of hydrogen-bond donors (Lipinski definition) is 1. The van der Waals surface area contributed by atoms with E-state index in [1.165, 1.54) is 0 Å². The van der Waals surface area contributed by atoms with Crippen molar-refractivity contribution in [1.82, 2.24) is 5.54 Å². The molecule has 0 saturated carbocycles. The maximum absolute atomic E-state index is 10.9. The molecule has 0 aromatic rings. The lowest BCUT2D eigenvalue weighted by atomic mass is 10.3. The van der Waals surface area contributed by atoms with E-state index in [-0.39, 0.29) is 12.4 Å². The summed E-state index contributed by atoms with van der Waals surface area (Å²) in [5.41, 5.74) is 1.57. The Kier molecular flexibility index (Phi) is 13.9. The van der Waals surface area contributed by atoms with Gasteiger partial charge in [0.2, 0.25) is 0 Å². The Morgan fingerprint density at radius 2 is 2.14 bits per heavy atom. The van der Waals surface area contributed by atoms with Gasteiger partial charge in [-0.2, -0.15) is 5.54 Å². The van der Waals surface area contributed by atoms with Crippen LogP contribution < -0.4 is 5.54 Å². The monoisotopic (exact) mass is 127 g/mol. The van der Waals surface area contributed by atoms with Crippen LogP contribution in [0, 0.1) is 0 Å². The SMILES string of the molecule is CCCCNF.Cl. The summed E-state index contributed by atoms with van der Waals surface area (Å²) in [7, 11) is 0. The first-order chi connectivity index (χ1) is 2.91. The first kappa shape index (κ1) is 10.2. The van der Waals surface area contributed by atoms with Gasteiger partial charge in [-0.1, -0.05) is 13.3 Å². The lowest BCUT2D eigenvalue weighted by Crippen LogP contribution is -2.00. The van der Waals surface area contributed by atoms with E-state index in [0.29, 0.717) is 6.54 Å². The highest BCUT2D eigenvalue weighted by molar-refractivity contribution is 5.85. The molecule has 0 aliphatic heterocycles. The lowest BCUT2D eigenvalue weighted by molar-refractivity contribution is 0.331. The molecule has 0 rings (SSSR count). The van der Waals surface area contributed by atoms with Crippen molar-refractivity contribution >= 4 is 12.4 Å². The zero-order valence-electron chi connectivity index (χ0n) is 4.41. The summed E-state index contributed by atoms with van der Waals surface area (Å²) in [5, 5.41) is 0. The molecule has 0 heterocycles. The number of unbranched alkanes of at least 4 members (excludes halogenated alkanes) is 1. The van der Waals surface area contributed by atoms with Crippen molar-refractivity contribution in [2.24, 2.45) is 0 Å². The van der Waals surface area contributed by atoms with Crippen molar-refractivity contribution < 1.29 is 4.48 Å². The molecule has 3 heteroatoms. The van der Waals surface area contributed by atoms with Crippen molar-refractivity contribution in [2.75, 3.05) is 6.54 Å². The van der Waals surface area contributed by atoms with Gasteiger partial charge >= 0.3 is 0 Å². The predicted molar refractivity (Wildman–Crippen MR) is 31.3 cm³/mol. The molecule has 0 saturated heterocycles. The molecule has 1 N–H and O–H groups in total. The highest BCUT2D eigenvalue weighted by Crippen LogP contribution is 1.80. The maximum atomic E-state index is 10.9. The van der Waals surface area contributed by atoms with Crippen LogP contribution in [0.25, 0.3) is 0 Å². The van der Waals surface area contributed by atoms with E-state index in [0.717, 1.165) is 12.8 Å². The molecule has 0 unspecified atom stereocenters. The van der Waals surface area contributed by atoms with E-state index in [1.807, 2.05) is 6.92 Å². The molecular formula is C4H11ClFN. The number of hydrogen-bond acceptors (Lipinski definition) is 1. The van der Waals surface area contributed by atoms with Crippen molar-refractivity contribution in [2.45, 2.75) is 19.8 Å². The van der Waals surface area contributed by atoms with Crippen molar-refractivity contribution in [3.05, 3.63) is 0 Å². The van der Waals surface area contributed by atoms with Gasteiger partial charge in [0, 0.05) is 6.54 Å². The summed E-state index contributed by atoms with van der Waals surface area (Å²) in [5.74, 6) is 0. The van der Waals surface area contributed by atoms with Gasteiger partial charge in [-0.15, -0.1) is 16.9 Å². The van der Waals surface area contributed by atoms with Crippen molar-refractivity contribution in [3.8, 4) is 0 Å². The van der Waals surface area contributed by atoms with E-state index in [2.05, 4.69) is 0 Å². The summed E-state index contributed by atoms with van der Waals surface area (Å²) in [4.78, 5) is 0. The van der Waals surface area contributed by atoms with Gasteiger partial charge in [0.25, 0.3) is 0 Å². The van der Waals surface area contributed by atoms with Crippen LogP contribution in [0.2, 0.25) is 0 Å². The second-order valence-corrected chi connectivity index (χ2v) is 1.24. The summed E-state index contributed by atoms with van der Waals surface area (Å²) < 4.78 is 10.9. The number of rotatable bonds is 3. The molecule has 0 aromatic carbocycles. The van der Waals surface area contributed by atoms with Crippen LogP contribution in [0.4, 0.5) is 4.48 Å². The average molecular weight is 128 g/mol. The highest BCUT2D eigenvalue weighted by atomic mass is 35.5. The fraction of sp³-hybridized carbons (Fsp3) is 1.00. The molecule has 0 aromatic heterocycles. The Labute approximate surface area is 49.6 Å². The largest absolute Gasteiger partial charge is 0.159 e. The van der Waals surface area contributed by atoms with E-state index in [4.69, 9.17) is 0 Å². The van der Waals surface area contributed by atoms with Gasteiger partial charge in [0.1, 0.15) is 0 Å². The van der Waals surface area contributed by atoms with Crippen LogP contribution >= 0.6 is 12.4 Å². The van der Waals surface area contributed by atoms with Crippen molar-refractivity contribution in [1.29, 1.82) is 0 Å². The highest BCUT2D eigenvalue weighted by Gasteiger charge is 1.76. The Bertz CT molecular complexity index is 23.7. The molecule has 1 nitrogen and oxygen atoms in total. The van der Waals surface area contributed by atoms with Gasteiger partial charge in [-0.3, -0.25) is 0 Å². The summed E-state index contributed by atoms with van der Waals surface area (Å²) in [6.45, 7) is 2.52. The fourth-order valence-electron chi connectivity index (χ4n) is 0.244. The minimum Gasteiger partial charge on any atom is -0.159 e. The Morgan fingerprint density at radius 3 is 2.29 bits per heavy atom. The molecule has 0 amide bonds. The van der Waals surface area contributed by atoms with Gasteiger partial charge in [-0.05, 0) is 6.42 Å². The minimum absolute atomic E-state index is 0. The average Bonchev–Trinajstić information content (AvgIpc) is 1.61. The first-order valence-electron chi connectivity index (χ1n) is 2.25. The predicted octanol–water partition coefficient (Wildman–Crippen LogP) is 1.68. The number of nitrogens with one attached hydrogen (secondary N) is 1. The summed E-state index contributed by atoms with van der Waals surface area (Å²) >= 11 is 0. The lowest BCUT2D eigenvalue weighted by Gasteiger charge is -1.86. The van der Waals surface area contributed by atoms with Crippen molar-refractivity contribution in [3.63, 3.8) is 0 Å². The molecule has 7 heavy (non-hydrogen) atoms. The third-order valence-electron chi connectivity index (χ3n) is 0.625. The number of halogens is 2. The van der Waals surface area contributed by atoms with Crippen LogP contribution in [-0.4, -0.2) is 6.54 Å². The topological polar surface area (TPSA) is 12.0 Å². The zero-order valence-corrected chi connectivity index (χ0v) is 5.22. The standard InChI is InChI=1S/C4H10FN.ClH/c1-2-3-4-6-5;/h6H,2-4H2,1H3;1H. The molecule has 0 aliphatic carbocycles. The maximum Gasteiger partial charge on any atom is 0.0259 e. The molecular weight excluding hydrogens is 117 g/mol. The van der Waals surface area contributed by atoms with E-state index in [9.17, 15) is 4.48 Å². The third-order valence-corrected chi connectivity index (χ3v) is 0.625. The minimum atomic E-state index is 0. The van der Waals surface area contributed by atoms with E-state index >= 15 is 0 Å². The van der Waals surface area contributed by atoms with E-state index < -0.39 is 0 Å². The Hall–Kier alpha value is 0.180. The molecule has 0 radical (unpaired) electrons. The molecule has 0 fully saturated rings. The quantitative estimate of drug-likeness (QED) is 0.449. The Morgan fingerprint density at radius 1 is 1.57 bits per heavy atom. The van der Waals surface area contributed by atoms with Gasteiger partial charge in [0.15, 0.2) is 0 Å². The summed E-state index contributed by atoms with van der Waals surface area (Å²) in [6, 6.07) is 0. The van der Waals surface area contributed by atoms with Gasteiger partial charge < -0.3 is 0 Å². The summed E-state index contributed by atoms with van der Waals surface area (Å²) in [6.07, 6.45) is 1.98. The zero-order chi connectivity index (χ0) is 4.83. The van der Waals surface area contributed by atoms with Crippen LogP contribution in [0.1, 0.15) is 19.8 Å². The Balaban J connectivity index is 0. The molecule has 0 spiro atoms. The smallest absolute Gasteiger partial charge is 0.0259 e. The second-order valence-electron chi connectivity index (χ2n) is 1.24. The van der Waals surface area contributed by atoms with Crippen LogP contribution in [0.3, 0.4) is 0 Å². The molecule has 0 atom stereocenters. The van der Waals surface area contributed by atoms with Crippen LogP contribution in [-0.2, 0) is 0 Å². The fourth-order valence-corrected chi connectivity index (χ4v) is 0.244. The van der Waals surface area contributed by atoms with Crippen LogP contribution in [0.15, 0.2) is 0 Å². The third kappa shape index (κ3) is 10.7. The first-order valence-corrected chi connectivity index (χ1v) is 2.25. The molecule has 0 aliphatic rings. The van der Waals surface area contributed by atoms with Crippen LogP contribution in [0.5, 0.6) is 0 Å². The molecule has 0 bridgehead atoms.